The van der Waals surface area contributed by atoms with E-state index in [4.69, 9.17) is 4.42 Å². The summed E-state index contributed by atoms with van der Waals surface area (Å²) in [7, 11) is 0. The van der Waals surface area contributed by atoms with Gasteiger partial charge in [0.2, 0.25) is 0 Å². The van der Waals surface area contributed by atoms with E-state index in [0.29, 0.717) is 5.92 Å². The van der Waals surface area contributed by atoms with Crippen molar-refractivity contribution in [3.63, 3.8) is 0 Å². The van der Waals surface area contributed by atoms with E-state index in [-0.39, 0.29) is 0 Å². The van der Waals surface area contributed by atoms with Gasteiger partial charge in [0, 0.05) is 12.3 Å². The fraction of sp³-hybridized carbons (Fsp3) is 0.750. The highest BCUT2D eigenvalue weighted by atomic mass is 16.3. The molecule has 16 heavy (non-hydrogen) atoms. The molecule has 0 saturated carbocycles. The van der Waals surface area contributed by atoms with Crippen LogP contribution in [0.4, 0.5) is 0 Å². The molecule has 1 aromatic heterocycles. The van der Waals surface area contributed by atoms with Crippen LogP contribution in [0.1, 0.15) is 30.3 Å². The normalized spacial score (nSPS) is 23.2. The van der Waals surface area contributed by atoms with Gasteiger partial charge in [0.05, 0.1) is 5.69 Å². The van der Waals surface area contributed by atoms with E-state index in [1.54, 1.807) is 0 Å². The van der Waals surface area contributed by atoms with E-state index >= 15 is 0 Å². The molecule has 0 aliphatic carbocycles. The van der Waals surface area contributed by atoms with E-state index in [9.17, 15) is 0 Å². The minimum atomic E-state index is 0.610. The minimum Gasteiger partial charge on any atom is -0.449 e. The summed E-state index contributed by atoms with van der Waals surface area (Å²) in [5.41, 5.74) is 1.17. The zero-order chi connectivity index (χ0) is 10.8. The maximum absolute atomic E-state index is 5.56. The maximum Gasteiger partial charge on any atom is 0.194 e. The molecule has 0 atom stereocenters. The largest absolute Gasteiger partial charge is 0.449 e. The van der Waals surface area contributed by atoms with Gasteiger partial charge in [-0.3, -0.25) is 0 Å². The topological polar surface area (TPSA) is 50.1 Å². The Morgan fingerprint density at radius 3 is 2.75 bits per heavy atom. The summed E-state index contributed by atoms with van der Waals surface area (Å²) in [6, 6.07) is 0. The standard InChI is InChI=1S/C12H19N3O/c1-3-13-4-2-10(1)11-8-16-12(15-11)5-9-6-14-7-9/h8-10,13-14H,1-7H2. The molecular formula is C12H19N3O. The summed E-state index contributed by atoms with van der Waals surface area (Å²) in [4.78, 5) is 4.63. The summed E-state index contributed by atoms with van der Waals surface area (Å²) < 4.78 is 5.56. The molecule has 2 saturated heterocycles. The van der Waals surface area contributed by atoms with Crippen LogP contribution in [-0.4, -0.2) is 31.2 Å². The van der Waals surface area contributed by atoms with Crippen molar-refractivity contribution in [3.8, 4) is 0 Å². The molecule has 2 fully saturated rings. The molecule has 0 amide bonds. The third kappa shape index (κ3) is 2.13. The van der Waals surface area contributed by atoms with Gasteiger partial charge in [-0.15, -0.1) is 0 Å². The Hall–Kier alpha value is -0.870. The van der Waals surface area contributed by atoms with Crippen molar-refractivity contribution in [2.75, 3.05) is 26.2 Å². The number of oxazole rings is 1. The van der Waals surface area contributed by atoms with Gasteiger partial charge >= 0.3 is 0 Å². The van der Waals surface area contributed by atoms with Crippen LogP contribution in [0.3, 0.4) is 0 Å². The first-order valence-corrected chi connectivity index (χ1v) is 6.27. The van der Waals surface area contributed by atoms with Crippen molar-refractivity contribution in [3.05, 3.63) is 17.8 Å². The lowest BCUT2D eigenvalue weighted by atomic mass is 9.95. The zero-order valence-corrected chi connectivity index (χ0v) is 9.54. The fourth-order valence-electron chi connectivity index (χ4n) is 2.46. The molecule has 2 N–H and O–H groups in total. The Bertz CT molecular complexity index is 340. The number of hydrogen-bond acceptors (Lipinski definition) is 4. The van der Waals surface area contributed by atoms with Crippen LogP contribution in [0, 0.1) is 5.92 Å². The van der Waals surface area contributed by atoms with E-state index in [1.807, 2.05) is 6.26 Å². The summed E-state index contributed by atoms with van der Waals surface area (Å²) >= 11 is 0. The van der Waals surface area contributed by atoms with Crippen LogP contribution in [0.2, 0.25) is 0 Å². The predicted octanol–water partition coefficient (Wildman–Crippen LogP) is 0.903. The van der Waals surface area contributed by atoms with Crippen molar-refractivity contribution >= 4 is 0 Å². The Morgan fingerprint density at radius 2 is 2.06 bits per heavy atom. The number of rotatable bonds is 3. The highest BCUT2D eigenvalue weighted by molar-refractivity contribution is 5.06. The Morgan fingerprint density at radius 1 is 1.25 bits per heavy atom. The van der Waals surface area contributed by atoms with Crippen LogP contribution >= 0.6 is 0 Å². The Balaban J connectivity index is 1.61. The molecule has 0 unspecified atom stereocenters. The van der Waals surface area contributed by atoms with Crippen LogP contribution in [0.25, 0.3) is 0 Å². The molecule has 0 bridgehead atoms. The molecule has 2 aliphatic rings. The second kappa shape index (κ2) is 4.55. The first-order valence-electron chi connectivity index (χ1n) is 6.27. The summed E-state index contributed by atoms with van der Waals surface area (Å²) in [6.07, 6.45) is 5.25. The van der Waals surface area contributed by atoms with Crippen LogP contribution in [0.15, 0.2) is 10.7 Å². The van der Waals surface area contributed by atoms with E-state index in [1.165, 1.54) is 18.5 Å². The van der Waals surface area contributed by atoms with Gasteiger partial charge < -0.3 is 15.1 Å². The monoisotopic (exact) mass is 221 g/mol. The minimum absolute atomic E-state index is 0.610. The van der Waals surface area contributed by atoms with Crippen LogP contribution < -0.4 is 10.6 Å². The highest BCUT2D eigenvalue weighted by Gasteiger charge is 2.22. The smallest absolute Gasteiger partial charge is 0.194 e. The Kier molecular flexibility index (Phi) is 2.93. The van der Waals surface area contributed by atoms with Gasteiger partial charge in [0.1, 0.15) is 6.26 Å². The van der Waals surface area contributed by atoms with E-state index in [0.717, 1.165) is 44.4 Å². The molecule has 0 aromatic carbocycles. The first-order chi connectivity index (χ1) is 7.92. The molecular weight excluding hydrogens is 202 g/mol. The average molecular weight is 221 g/mol. The molecule has 0 radical (unpaired) electrons. The summed E-state index contributed by atoms with van der Waals surface area (Å²) in [6.45, 7) is 4.45. The molecule has 88 valence electrons. The van der Waals surface area contributed by atoms with Crippen molar-refractivity contribution in [1.82, 2.24) is 15.6 Å². The van der Waals surface area contributed by atoms with Crippen LogP contribution in [0.5, 0.6) is 0 Å². The number of piperidine rings is 1. The second-order valence-corrected chi connectivity index (χ2v) is 4.92. The van der Waals surface area contributed by atoms with Gasteiger partial charge in [-0.05, 0) is 44.9 Å². The first kappa shape index (κ1) is 10.3. The lowest BCUT2D eigenvalue weighted by Gasteiger charge is -2.25. The molecule has 1 aromatic rings. The molecule has 0 spiro atoms. The average Bonchev–Trinajstić information content (AvgIpc) is 2.73. The second-order valence-electron chi connectivity index (χ2n) is 4.92. The van der Waals surface area contributed by atoms with Gasteiger partial charge in [-0.25, -0.2) is 4.98 Å². The highest BCUT2D eigenvalue weighted by Crippen LogP contribution is 2.25. The number of hydrogen-bond donors (Lipinski definition) is 2. The van der Waals surface area contributed by atoms with Crippen molar-refractivity contribution in [2.45, 2.75) is 25.2 Å². The molecule has 3 heterocycles. The lowest BCUT2D eigenvalue weighted by Crippen LogP contribution is -2.43. The third-order valence-corrected chi connectivity index (χ3v) is 3.66. The molecule has 4 nitrogen and oxygen atoms in total. The van der Waals surface area contributed by atoms with Crippen LogP contribution in [-0.2, 0) is 6.42 Å². The van der Waals surface area contributed by atoms with Gasteiger partial charge in [-0.2, -0.15) is 0 Å². The quantitative estimate of drug-likeness (QED) is 0.796. The number of nitrogens with zero attached hydrogens (tertiary/aromatic N) is 1. The van der Waals surface area contributed by atoms with Crippen molar-refractivity contribution in [2.24, 2.45) is 5.92 Å². The molecule has 3 rings (SSSR count). The zero-order valence-electron chi connectivity index (χ0n) is 9.54. The number of nitrogens with one attached hydrogen (secondary N) is 2. The van der Waals surface area contributed by atoms with E-state index in [2.05, 4.69) is 15.6 Å². The van der Waals surface area contributed by atoms with Gasteiger partial charge in [0.25, 0.3) is 0 Å². The van der Waals surface area contributed by atoms with Gasteiger partial charge in [-0.1, -0.05) is 0 Å². The maximum atomic E-state index is 5.56. The van der Waals surface area contributed by atoms with Crippen molar-refractivity contribution < 1.29 is 4.42 Å². The van der Waals surface area contributed by atoms with Gasteiger partial charge in [0.15, 0.2) is 5.89 Å². The fourth-order valence-corrected chi connectivity index (χ4v) is 2.46. The summed E-state index contributed by atoms with van der Waals surface area (Å²) in [5.74, 6) is 2.28. The SMILES string of the molecule is c1oc(CC2CNC2)nc1C1CCNCC1. The predicted molar refractivity (Wildman–Crippen MR) is 61.4 cm³/mol. The lowest BCUT2D eigenvalue weighted by molar-refractivity contribution is 0.318. The molecule has 2 aliphatic heterocycles. The molecule has 4 heteroatoms. The van der Waals surface area contributed by atoms with Crippen molar-refractivity contribution in [1.29, 1.82) is 0 Å². The Labute approximate surface area is 95.8 Å². The number of aromatic nitrogens is 1. The summed E-state index contributed by atoms with van der Waals surface area (Å²) in [5, 5.41) is 6.65. The third-order valence-electron chi connectivity index (χ3n) is 3.66. The van der Waals surface area contributed by atoms with E-state index < -0.39 is 0 Å².